The molecule has 0 spiro atoms. The zero-order chi connectivity index (χ0) is 6.97. The van der Waals surface area contributed by atoms with Crippen LogP contribution in [-0.2, 0) is 0 Å². The molecule has 2 heterocycles. The standard InChI is InChI=1S/C6H5N3O/c7-6-5-3-10-2-4(5)1-8-9-6/h1-3H,(H2,7,9). The summed E-state index contributed by atoms with van der Waals surface area (Å²) in [5.41, 5.74) is 5.47. The van der Waals surface area contributed by atoms with Gasteiger partial charge in [0.2, 0.25) is 0 Å². The zero-order valence-corrected chi connectivity index (χ0v) is 5.11. The molecule has 2 N–H and O–H groups in total. The van der Waals surface area contributed by atoms with E-state index in [9.17, 15) is 0 Å². The molecule has 0 fully saturated rings. The number of nitrogens with two attached hydrogens (primary N) is 1. The summed E-state index contributed by atoms with van der Waals surface area (Å²) in [5, 5.41) is 8.99. The number of hydrogen-bond donors (Lipinski definition) is 1. The van der Waals surface area contributed by atoms with Crippen LogP contribution in [0, 0.1) is 0 Å². The number of anilines is 1. The molecule has 50 valence electrons. The molecule has 0 aliphatic carbocycles. The molecule has 10 heavy (non-hydrogen) atoms. The lowest BCUT2D eigenvalue weighted by Gasteiger charge is -1.88. The van der Waals surface area contributed by atoms with Gasteiger partial charge in [-0.3, -0.25) is 0 Å². The first kappa shape index (κ1) is 5.22. The Labute approximate surface area is 56.7 Å². The second-order valence-corrected chi connectivity index (χ2v) is 1.97. The van der Waals surface area contributed by atoms with Crippen LogP contribution in [0.15, 0.2) is 23.1 Å². The van der Waals surface area contributed by atoms with E-state index in [-0.39, 0.29) is 0 Å². The quantitative estimate of drug-likeness (QED) is 0.580. The van der Waals surface area contributed by atoms with Crippen LogP contribution in [-0.4, -0.2) is 10.2 Å². The zero-order valence-electron chi connectivity index (χ0n) is 5.11. The van der Waals surface area contributed by atoms with E-state index >= 15 is 0 Å². The topological polar surface area (TPSA) is 64.9 Å². The smallest absolute Gasteiger partial charge is 0.157 e. The summed E-state index contributed by atoms with van der Waals surface area (Å²) in [6.45, 7) is 0. The van der Waals surface area contributed by atoms with E-state index < -0.39 is 0 Å². The minimum absolute atomic E-state index is 0.409. The van der Waals surface area contributed by atoms with Gasteiger partial charge in [-0.25, -0.2) is 0 Å². The maximum Gasteiger partial charge on any atom is 0.157 e. The lowest BCUT2D eigenvalue weighted by molar-refractivity contribution is 0.572. The molecule has 0 bridgehead atoms. The third-order valence-electron chi connectivity index (χ3n) is 1.33. The van der Waals surface area contributed by atoms with Crippen molar-refractivity contribution in [3.8, 4) is 0 Å². The van der Waals surface area contributed by atoms with Gasteiger partial charge in [0.1, 0.15) is 6.26 Å². The van der Waals surface area contributed by atoms with E-state index in [4.69, 9.17) is 10.2 Å². The lowest BCUT2D eigenvalue weighted by atomic mass is 10.3. The Kier molecular flexibility index (Phi) is 0.887. The average molecular weight is 135 g/mol. The van der Waals surface area contributed by atoms with Crippen molar-refractivity contribution in [2.24, 2.45) is 0 Å². The fraction of sp³-hybridized carbons (Fsp3) is 0. The molecule has 0 amide bonds. The highest BCUT2D eigenvalue weighted by molar-refractivity contribution is 5.88. The van der Waals surface area contributed by atoms with E-state index in [0.717, 1.165) is 10.8 Å². The molecule has 0 aromatic carbocycles. The van der Waals surface area contributed by atoms with Gasteiger partial charge < -0.3 is 10.2 Å². The Morgan fingerprint density at radius 2 is 2.30 bits per heavy atom. The van der Waals surface area contributed by atoms with E-state index in [1.165, 1.54) is 0 Å². The predicted octanol–water partition coefficient (Wildman–Crippen LogP) is 0.805. The monoisotopic (exact) mass is 135 g/mol. The molecule has 0 aliphatic heterocycles. The molecular weight excluding hydrogens is 130 g/mol. The van der Waals surface area contributed by atoms with E-state index in [2.05, 4.69) is 10.2 Å². The lowest BCUT2D eigenvalue weighted by Crippen LogP contribution is -1.91. The van der Waals surface area contributed by atoms with Gasteiger partial charge in [0.15, 0.2) is 5.82 Å². The minimum atomic E-state index is 0.409. The molecule has 4 heteroatoms. The van der Waals surface area contributed by atoms with Crippen molar-refractivity contribution < 1.29 is 4.42 Å². The molecule has 2 rings (SSSR count). The first-order chi connectivity index (χ1) is 4.88. The van der Waals surface area contributed by atoms with Crippen LogP contribution in [0.1, 0.15) is 0 Å². The van der Waals surface area contributed by atoms with Crippen LogP contribution in [0.2, 0.25) is 0 Å². The number of fused-ring (bicyclic) bond motifs is 1. The van der Waals surface area contributed by atoms with Crippen LogP contribution in [0.3, 0.4) is 0 Å². The highest BCUT2D eigenvalue weighted by atomic mass is 16.3. The highest BCUT2D eigenvalue weighted by Gasteiger charge is 1.99. The summed E-state index contributed by atoms with van der Waals surface area (Å²) < 4.78 is 4.89. The Morgan fingerprint density at radius 1 is 1.40 bits per heavy atom. The van der Waals surface area contributed by atoms with Crippen LogP contribution in [0.4, 0.5) is 5.82 Å². The number of rotatable bonds is 0. The Hall–Kier alpha value is -1.58. The molecule has 0 aliphatic rings. The minimum Gasteiger partial charge on any atom is -0.471 e. The summed E-state index contributed by atoms with van der Waals surface area (Å²) in [7, 11) is 0. The Bertz CT molecular complexity index is 355. The van der Waals surface area contributed by atoms with Gasteiger partial charge >= 0.3 is 0 Å². The summed E-state index contributed by atoms with van der Waals surface area (Å²) in [5.74, 6) is 0.409. The molecule has 2 aromatic heterocycles. The SMILES string of the molecule is Nc1nncc2cocc12. The number of furan rings is 1. The largest absolute Gasteiger partial charge is 0.471 e. The normalized spacial score (nSPS) is 10.4. The van der Waals surface area contributed by atoms with E-state index in [0.29, 0.717) is 5.82 Å². The summed E-state index contributed by atoms with van der Waals surface area (Å²) in [6, 6.07) is 0. The van der Waals surface area contributed by atoms with E-state index in [1.807, 2.05) is 0 Å². The van der Waals surface area contributed by atoms with Crippen LogP contribution < -0.4 is 5.73 Å². The number of nitrogen functional groups attached to an aromatic ring is 1. The van der Waals surface area contributed by atoms with Crippen molar-refractivity contribution in [3.05, 3.63) is 18.7 Å². The Balaban J connectivity index is 2.95. The number of nitrogens with zero attached hydrogens (tertiary/aromatic N) is 2. The molecule has 0 saturated heterocycles. The van der Waals surface area contributed by atoms with Crippen molar-refractivity contribution >= 4 is 16.6 Å². The van der Waals surface area contributed by atoms with Crippen molar-refractivity contribution in [2.75, 3.05) is 5.73 Å². The van der Waals surface area contributed by atoms with Gasteiger partial charge in [-0.2, -0.15) is 5.10 Å². The summed E-state index contributed by atoms with van der Waals surface area (Å²) in [6.07, 6.45) is 4.74. The third kappa shape index (κ3) is 0.556. The van der Waals surface area contributed by atoms with Gasteiger partial charge in [0.05, 0.1) is 17.8 Å². The second kappa shape index (κ2) is 1.70. The fourth-order valence-corrected chi connectivity index (χ4v) is 0.822. The molecule has 0 radical (unpaired) electrons. The van der Waals surface area contributed by atoms with Crippen LogP contribution in [0.5, 0.6) is 0 Å². The van der Waals surface area contributed by atoms with Crippen LogP contribution >= 0.6 is 0 Å². The third-order valence-corrected chi connectivity index (χ3v) is 1.33. The van der Waals surface area contributed by atoms with Crippen molar-refractivity contribution in [2.45, 2.75) is 0 Å². The average Bonchev–Trinajstić information content (AvgIpc) is 2.36. The molecule has 2 aromatic rings. The summed E-state index contributed by atoms with van der Waals surface area (Å²) in [4.78, 5) is 0. The van der Waals surface area contributed by atoms with Gasteiger partial charge in [0, 0.05) is 5.39 Å². The number of aromatic nitrogens is 2. The van der Waals surface area contributed by atoms with Crippen molar-refractivity contribution in [1.82, 2.24) is 10.2 Å². The molecule has 0 atom stereocenters. The van der Waals surface area contributed by atoms with E-state index in [1.54, 1.807) is 18.7 Å². The van der Waals surface area contributed by atoms with Gasteiger partial charge in [-0.05, 0) is 0 Å². The fourth-order valence-electron chi connectivity index (χ4n) is 0.822. The predicted molar refractivity (Wildman–Crippen MR) is 36.2 cm³/mol. The van der Waals surface area contributed by atoms with Gasteiger partial charge in [-0.15, -0.1) is 5.10 Å². The van der Waals surface area contributed by atoms with Gasteiger partial charge in [0.25, 0.3) is 0 Å². The maximum absolute atomic E-state index is 5.47. The second-order valence-electron chi connectivity index (χ2n) is 1.97. The summed E-state index contributed by atoms with van der Waals surface area (Å²) >= 11 is 0. The Morgan fingerprint density at radius 3 is 3.10 bits per heavy atom. The van der Waals surface area contributed by atoms with Crippen molar-refractivity contribution in [3.63, 3.8) is 0 Å². The molecule has 0 unspecified atom stereocenters. The molecule has 0 saturated carbocycles. The highest BCUT2D eigenvalue weighted by Crippen LogP contribution is 2.16. The maximum atomic E-state index is 5.47. The first-order valence-electron chi connectivity index (χ1n) is 2.81. The first-order valence-corrected chi connectivity index (χ1v) is 2.81. The molecular formula is C6H5N3O. The van der Waals surface area contributed by atoms with Gasteiger partial charge in [-0.1, -0.05) is 0 Å². The van der Waals surface area contributed by atoms with Crippen LogP contribution in [0.25, 0.3) is 10.8 Å². The van der Waals surface area contributed by atoms with Crippen molar-refractivity contribution in [1.29, 1.82) is 0 Å². The number of hydrogen-bond acceptors (Lipinski definition) is 4. The molecule has 4 nitrogen and oxygen atoms in total.